The molecule has 1 heterocycles. The Morgan fingerprint density at radius 1 is 1.50 bits per heavy atom. The molecule has 100 valence electrons. The molecule has 18 heavy (non-hydrogen) atoms. The van der Waals surface area contributed by atoms with Crippen LogP contribution in [0, 0.1) is 5.82 Å². The van der Waals surface area contributed by atoms with Crippen molar-refractivity contribution in [3.05, 3.63) is 28.5 Å². The van der Waals surface area contributed by atoms with Gasteiger partial charge in [-0.3, -0.25) is 4.90 Å². The quantitative estimate of drug-likeness (QED) is 0.811. The number of rotatable bonds is 2. The van der Waals surface area contributed by atoms with Gasteiger partial charge in [0.2, 0.25) is 0 Å². The van der Waals surface area contributed by atoms with Gasteiger partial charge in [-0.2, -0.15) is 0 Å². The minimum atomic E-state index is -0.479. The van der Waals surface area contributed by atoms with Gasteiger partial charge in [0.25, 0.3) is 0 Å². The molecule has 0 spiro atoms. The lowest BCUT2D eigenvalue weighted by atomic mass is 10.2. The summed E-state index contributed by atoms with van der Waals surface area (Å²) in [7, 11) is 0. The van der Waals surface area contributed by atoms with Crippen LogP contribution in [-0.4, -0.2) is 18.7 Å². The summed E-state index contributed by atoms with van der Waals surface area (Å²) >= 11 is 3.17. The van der Waals surface area contributed by atoms with Gasteiger partial charge in [-0.25, -0.2) is 9.18 Å². The molecule has 1 amide bonds. The van der Waals surface area contributed by atoms with Crippen LogP contribution in [0.3, 0.4) is 0 Å². The van der Waals surface area contributed by atoms with Gasteiger partial charge < -0.3 is 4.74 Å². The molecule has 1 unspecified atom stereocenters. The third-order valence-corrected chi connectivity index (χ3v) is 3.02. The summed E-state index contributed by atoms with van der Waals surface area (Å²) < 4.78 is 19.3. The maximum Gasteiger partial charge on any atom is 0.414 e. The number of ether oxygens (including phenoxy) is 1. The van der Waals surface area contributed by atoms with Crippen LogP contribution in [0.25, 0.3) is 0 Å². The molecular weight excluding hydrogens is 301 g/mol. The molecule has 0 N–H and O–H groups in total. The lowest BCUT2D eigenvalue weighted by Gasteiger charge is -2.13. The lowest BCUT2D eigenvalue weighted by molar-refractivity contribution is 0.139. The summed E-state index contributed by atoms with van der Waals surface area (Å²) in [5.74, 6) is -0.428. The molecule has 1 aliphatic rings. The third kappa shape index (κ3) is 3.22. The van der Waals surface area contributed by atoms with Gasteiger partial charge in [-0.15, -0.1) is 0 Å². The molecular formula is C13H17BrFNO2. The fraction of sp³-hybridized carbons (Fsp3) is 0.462. The van der Waals surface area contributed by atoms with E-state index in [9.17, 15) is 9.18 Å². The molecule has 5 heteroatoms. The van der Waals surface area contributed by atoms with Gasteiger partial charge in [-0.05, 0) is 24.6 Å². The smallest absolute Gasteiger partial charge is 0.414 e. The van der Waals surface area contributed by atoms with E-state index in [0.717, 1.165) is 6.42 Å². The first-order valence-electron chi connectivity index (χ1n) is 6.05. The Labute approximate surface area is 115 Å². The predicted octanol–water partition coefficient (Wildman–Crippen LogP) is 4.35. The molecule has 0 saturated carbocycles. The number of anilines is 1. The molecule has 3 nitrogen and oxygen atoms in total. The maximum atomic E-state index is 13.6. The number of carbonyl (C=O) groups is 1. The van der Waals surface area contributed by atoms with Gasteiger partial charge >= 0.3 is 6.09 Å². The second-order valence-corrected chi connectivity index (χ2v) is 4.54. The molecule has 0 aromatic heterocycles. The van der Waals surface area contributed by atoms with Crippen LogP contribution in [0.4, 0.5) is 14.9 Å². The Morgan fingerprint density at radius 2 is 2.17 bits per heavy atom. The van der Waals surface area contributed by atoms with E-state index in [2.05, 4.69) is 15.9 Å². The van der Waals surface area contributed by atoms with Crippen molar-refractivity contribution in [2.45, 2.75) is 33.3 Å². The van der Waals surface area contributed by atoms with Crippen molar-refractivity contribution in [1.82, 2.24) is 0 Å². The number of amides is 1. The maximum absolute atomic E-state index is 13.6. The molecule has 0 radical (unpaired) electrons. The number of hydrogen-bond donors (Lipinski definition) is 0. The van der Waals surface area contributed by atoms with Crippen molar-refractivity contribution >= 4 is 27.7 Å². The van der Waals surface area contributed by atoms with E-state index in [-0.39, 0.29) is 11.8 Å². The van der Waals surface area contributed by atoms with Crippen LogP contribution < -0.4 is 4.90 Å². The molecule has 1 saturated heterocycles. The van der Waals surface area contributed by atoms with Crippen molar-refractivity contribution in [3.63, 3.8) is 0 Å². The van der Waals surface area contributed by atoms with Gasteiger partial charge in [0, 0.05) is 4.47 Å². The van der Waals surface area contributed by atoms with Crippen LogP contribution in [0.15, 0.2) is 22.7 Å². The zero-order valence-electron chi connectivity index (χ0n) is 10.7. The zero-order valence-corrected chi connectivity index (χ0v) is 12.3. The number of benzene rings is 1. The number of carbonyl (C=O) groups excluding carboxylic acids is 1. The van der Waals surface area contributed by atoms with E-state index in [1.807, 2.05) is 20.8 Å². The number of nitrogens with zero attached hydrogens (tertiary/aromatic N) is 1. The number of cyclic esters (lactones) is 1. The first-order chi connectivity index (χ1) is 8.61. The summed E-state index contributed by atoms with van der Waals surface area (Å²) in [5, 5.41) is 0. The first kappa shape index (κ1) is 15.0. The summed E-state index contributed by atoms with van der Waals surface area (Å²) in [6.45, 7) is 6.34. The number of hydrogen-bond acceptors (Lipinski definition) is 2. The Kier molecular flexibility index (Phi) is 5.59. The van der Waals surface area contributed by atoms with E-state index >= 15 is 0 Å². The van der Waals surface area contributed by atoms with Crippen LogP contribution in [0.2, 0.25) is 0 Å². The molecule has 0 aliphatic carbocycles. The van der Waals surface area contributed by atoms with E-state index in [1.165, 1.54) is 11.0 Å². The third-order valence-electron chi connectivity index (χ3n) is 2.53. The minimum Gasteiger partial charge on any atom is -0.444 e. The molecule has 1 aromatic carbocycles. The lowest BCUT2D eigenvalue weighted by Crippen LogP contribution is -2.25. The topological polar surface area (TPSA) is 29.5 Å². The highest BCUT2D eigenvalue weighted by Crippen LogP contribution is 2.27. The Morgan fingerprint density at radius 3 is 2.67 bits per heavy atom. The average molecular weight is 318 g/mol. The van der Waals surface area contributed by atoms with Crippen LogP contribution in [0.1, 0.15) is 27.2 Å². The molecule has 1 atom stereocenters. The predicted molar refractivity (Wildman–Crippen MR) is 73.4 cm³/mol. The highest BCUT2D eigenvalue weighted by atomic mass is 79.9. The molecule has 2 rings (SSSR count). The summed E-state index contributed by atoms with van der Waals surface area (Å²) in [5.41, 5.74) is 0.268. The van der Waals surface area contributed by atoms with Gasteiger partial charge in [0.1, 0.15) is 11.9 Å². The monoisotopic (exact) mass is 317 g/mol. The van der Waals surface area contributed by atoms with Crippen molar-refractivity contribution in [2.24, 2.45) is 0 Å². The zero-order chi connectivity index (χ0) is 13.7. The van der Waals surface area contributed by atoms with Crippen molar-refractivity contribution in [2.75, 3.05) is 11.4 Å². The van der Waals surface area contributed by atoms with Crippen LogP contribution >= 0.6 is 15.9 Å². The van der Waals surface area contributed by atoms with Crippen LogP contribution in [0.5, 0.6) is 0 Å². The Hall–Kier alpha value is -1.10. The Balaban J connectivity index is 0.000000771. The summed E-state index contributed by atoms with van der Waals surface area (Å²) in [6.07, 6.45) is 0.115. The van der Waals surface area contributed by atoms with E-state index < -0.39 is 11.9 Å². The summed E-state index contributed by atoms with van der Waals surface area (Å²) in [4.78, 5) is 12.8. The van der Waals surface area contributed by atoms with E-state index in [4.69, 9.17) is 4.74 Å². The second kappa shape index (κ2) is 6.73. The van der Waals surface area contributed by atoms with Crippen LogP contribution in [-0.2, 0) is 4.74 Å². The average Bonchev–Trinajstić information content (AvgIpc) is 2.73. The standard InChI is InChI=1S/C11H11BrFNO2.C2H6/c1-2-8-6-14(11(15)16-8)10-4-3-7(12)5-9(10)13;1-2/h3-5,8H,2,6H2,1H3;1-2H3. The Bertz CT molecular complexity index is 425. The fourth-order valence-electron chi connectivity index (χ4n) is 1.63. The molecule has 1 aromatic rings. The first-order valence-corrected chi connectivity index (χ1v) is 6.84. The van der Waals surface area contributed by atoms with Crippen molar-refractivity contribution in [1.29, 1.82) is 0 Å². The summed E-state index contributed by atoms with van der Waals surface area (Å²) in [6, 6.07) is 4.60. The SMILES string of the molecule is CC.CCC1CN(c2ccc(Br)cc2F)C(=O)O1. The fourth-order valence-corrected chi connectivity index (χ4v) is 1.96. The van der Waals surface area contributed by atoms with Gasteiger partial charge in [-0.1, -0.05) is 36.7 Å². The van der Waals surface area contributed by atoms with Gasteiger partial charge in [0.05, 0.1) is 12.2 Å². The minimum absolute atomic E-state index is 0.143. The van der Waals surface area contributed by atoms with Crippen molar-refractivity contribution in [3.8, 4) is 0 Å². The largest absolute Gasteiger partial charge is 0.444 e. The second-order valence-electron chi connectivity index (χ2n) is 3.62. The normalized spacial score (nSPS) is 18.2. The molecule has 1 fully saturated rings. The van der Waals surface area contributed by atoms with E-state index in [0.29, 0.717) is 11.0 Å². The van der Waals surface area contributed by atoms with E-state index in [1.54, 1.807) is 12.1 Å². The highest BCUT2D eigenvalue weighted by molar-refractivity contribution is 9.10. The van der Waals surface area contributed by atoms with Gasteiger partial charge in [0.15, 0.2) is 0 Å². The number of halogens is 2. The van der Waals surface area contributed by atoms with Crippen molar-refractivity contribution < 1.29 is 13.9 Å². The molecule has 1 aliphatic heterocycles. The highest BCUT2D eigenvalue weighted by Gasteiger charge is 2.32. The molecule has 0 bridgehead atoms.